The van der Waals surface area contributed by atoms with Gasteiger partial charge in [-0.3, -0.25) is 4.79 Å². The van der Waals surface area contributed by atoms with Crippen LogP contribution in [0, 0.1) is 3.57 Å². The molecule has 0 fully saturated rings. The Balaban J connectivity index is 2.25. The van der Waals surface area contributed by atoms with Crippen LogP contribution in [0.2, 0.25) is 5.15 Å². The van der Waals surface area contributed by atoms with Crippen LogP contribution >= 0.6 is 66.1 Å². The minimum atomic E-state index is -0.207. The van der Waals surface area contributed by atoms with E-state index in [1.54, 1.807) is 12.1 Å². The van der Waals surface area contributed by atoms with Crippen LogP contribution in [0.15, 0.2) is 39.4 Å². The molecule has 0 aliphatic carbocycles. The second kappa shape index (κ2) is 6.51. The zero-order valence-electron chi connectivity index (χ0n) is 9.25. The van der Waals surface area contributed by atoms with Gasteiger partial charge in [0.1, 0.15) is 5.15 Å². The lowest BCUT2D eigenvalue weighted by atomic mass is 10.2. The Morgan fingerprint density at radius 2 is 2.00 bits per heavy atom. The largest absolute Gasteiger partial charge is 0.321 e. The van der Waals surface area contributed by atoms with Crippen LogP contribution in [-0.4, -0.2) is 10.9 Å². The van der Waals surface area contributed by atoms with E-state index in [1.807, 2.05) is 12.1 Å². The summed E-state index contributed by atoms with van der Waals surface area (Å²) in [5.74, 6) is -0.207. The first-order valence-electron chi connectivity index (χ1n) is 5.05. The van der Waals surface area contributed by atoms with Gasteiger partial charge in [0.25, 0.3) is 5.91 Å². The van der Waals surface area contributed by atoms with Crippen molar-refractivity contribution < 1.29 is 4.79 Å². The van der Waals surface area contributed by atoms with Crippen molar-refractivity contribution in [3.05, 3.63) is 53.7 Å². The zero-order valence-corrected chi connectivity index (χ0v) is 15.3. The number of anilines is 1. The van der Waals surface area contributed by atoms with Gasteiger partial charge in [0.05, 0.1) is 21.9 Å². The predicted octanol–water partition coefficient (Wildman–Crippen LogP) is 5.12. The molecule has 7 heteroatoms. The molecule has 98 valence electrons. The molecule has 1 aromatic heterocycles. The van der Waals surface area contributed by atoms with E-state index in [0.717, 1.165) is 8.04 Å². The molecule has 0 aliphatic heterocycles. The lowest BCUT2D eigenvalue weighted by Gasteiger charge is -2.08. The molecular weight excluding hydrogens is 510 g/mol. The fraction of sp³-hybridized carbons (Fsp3) is 0. The van der Waals surface area contributed by atoms with Crippen molar-refractivity contribution in [1.29, 1.82) is 0 Å². The molecule has 0 saturated carbocycles. The molecule has 0 saturated heterocycles. The fourth-order valence-corrected chi connectivity index (χ4v) is 2.73. The maximum Gasteiger partial charge on any atom is 0.256 e. The zero-order chi connectivity index (χ0) is 14.0. The minimum Gasteiger partial charge on any atom is -0.321 e. The average molecular weight is 516 g/mol. The molecule has 1 amide bonds. The Morgan fingerprint density at radius 1 is 1.26 bits per heavy atom. The van der Waals surface area contributed by atoms with E-state index in [0.29, 0.717) is 20.9 Å². The predicted molar refractivity (Wildman–Crippen MR) is 91.8 cm³/mol. The number of amides is 1. The molecule has 2 rings (SSSR count). The Bertz CT molecular complexity index is 652. The van der Waals surface area contributed by atoms with Gasteiger partial charge in [-0.05, 0) is 78.7 Å². The van der Waals surface area contributed by atoms with Crippen LogP contribution in [0.4, 0.5) is 5.69 Å². The highest BCUT2D eigenvalue weighted by atomic mass is 127. The second-order valence-corrected chi connectivity index (χ2v) is 6.89. The Labute approximate surface area is 145 Å². The van der Waals surface area contributed by atoms with E-state index in [-0.39, 0.29) is 5.91 Å². The monoisotopic (exact) mass is 514 g/mol. The topological polar surface area (TPSA) is 42.0 Å². The number of carbonyl (C=O) groups excluding carboxylic acids is 1. The summed E-state index contributed by atoms with van der Waals surface area (Å²) < 4.78 is 2.36. The average Bonchev–Trinajstić information content (AvgIpc) is 2.36. The lowest BCUT2D eigenvalue weighted by Crippen LogP contribution is -2.13. The SMILES string of the molecule is O=C(Nc1cnc(Cl)c(Br)c1)c1cc(I)ccc1Br. The van der Waals surface area contributed by atoms with Crippen LogP contribution in [-0.2, 0) is 0 Å². The van der Waals surface area contributed by atoms with E-state index in [1.165, 1.54) is 6.20 Å². The maximum absolute atomic E-state index is 12.2. The van der Waals surface area contributed by atoms with Gasteiger partial charge >= 0.3 is 0 Å². The number of hydrogen-bond acceptors (Lipinski definition) is 2. The number of aromatic nitrogens is 1. The number of nitrogens with one attached hydrogen (secondary N) is 1. The van der Waals surface area contributed by atoms with Gasteiger partial charge in [0, 0.05) is 8.04 Å². The first kappa shape index (κ1) is 15.2. The van der Waals surface area contributed by atoms with Gasteiger partial charge in [0.15, 0.2) is 0 Å². The molecular formula is C12H6Br2ClIN2O. The molecule has 0 atom stereocenters. The van der Waals surface area contributed by atoms with Gasteiger partial charge in [-0.25, -0.2) is 4.98 Å². The molecule has 3 nitrogen and oxygen atoms in total. The molecule has 0 radical (unpaired) electrons. The normalized spacial score (nSPS) is 10.3. The van der Waals surface area contributed by atoms with Gasteiger partial charge in [0.2, 0.25) is 0 Å². The molecule has 0 bridgehead atoms. The fourth-order valence-electron chi connectivity index (χ4n) is 1.36. The van der Waals surface area contributed by atoms with Crippen LogP contribution in [0.1, 0.15) is 10.4 Å². The molecule has 0 unspecified atom stereocenters. The summed E-state index contributed by atoms with van der Waals surface area (Å²) in [6.07, 6.45) is 1.51. The Kier molecular flexibility index (Phi) is 5.22. The third-order valence-electron chi connectivity index (χ3n) is 2.23. The van der Waals surface area contributed by atoms with Crippen LogP contribution in [0.5, 0.6) is 0 Å². The number of rotatable bonds is 2. The lowest BCUT2D eigenvalue weighted by molar-refractivity contribution is 0.102. The van der Waals surface area contributed by atoms with Gasteiger partial charge < -0.3 is 5.32 Å². The quantitative estimate of drug-likeness (QED) is 0.445. The van der Waals surface area contributed by atoms with E-state index >= 15 is 0 Å². The number of halogens is 4. The molecule has 2 aromatic rings. The first-order chi connectivity index (χ1) is 8.97. The summed E-state index contributed by atoms with van der Waals surface area (Å²) in [4.78, 5) is 16.1. The molecule has 19 heavy (non-hydrogen) atoms. The summed E-state index contributed by atoms with van der Waals surface area (Å²) in [7, 11) is 0. The minimum absolute atomic E-state index is 0.207. The molecule has 1 N–H and O–H groups in total. The van der Waals surface area contributed by atoms with Crippen molar-refractivity contribution in [2.45, 2.75) is 0 Å². The molecule has 1 heterocycles. The van der Waals surface area contributed by atoms with Crippen molar-refractivity contribution in [3.63, 3.8) is 0 Å². The summed E-state index contributed by atoms with van der Waals surface area (Å²) in [5, 5.41) is 3.13. The standard InChI is InChI=1S/C12H6Br2ClIN2O/c13-9-2-1-6(16)3-8(9)12(19)18-7-4-10(14)11(15)17-5-7/h1-5H,(H,18,19). The van der Waals surface area contributed by atoms with Crippen molar-refractivity contribution in [2.24, 2.45) is 0 Å². The van der Waals surface area contributed by atoms with Gasteiger partial charge in [-0.1, -0.05) is 11.6 Å². The summed E-state index contributed by atoms with van der Waals surface area (Å²) in [5.41, 5.74) is 1.14. The highest BCUT2D eigenvalue weighted by Crippen LogP contribution is 2.24. The van der Waals surface area contributed by atoms with E-state index < -0.39 is 0 Å². The second-order valence-electron chi connectivity index (χ2n) is 3.57. The maximum atomic E-state index is 12.2. The third-order valence-corrected chi connectivity index (χ3v) is 4.72. The first-order valence-corrected chi connectivity index (χ1v) is 8.09. The summed E-state index contributed by atoms with van der Waals surface area (Å²) >= 11 is 14.6. The third kappa shape index (κ3) is 3.90. The number of pyridine rings is 1. The number of hydrogen-bond donors (Lipinski definition) is 1. The van der Waals surface area contributed by atoms with Gasteiger partial charge in [-0.15, -0.1) is 0 Å². The molecule has 1 aromatic carbocycles. The van der Waals surface area contributed by atoms with E-state index in [4.69, 9.17) is 11.6 Å². The van der Waals surface area contributed by atoms with Crippen LogP contribution < -0.4 is 5.32 Å². The van der Waals surface area contributed by atoms with E-state index in [2.05, 4.69) is 64.8 Å². The summed E-state index contributed by atoms with van der Waals surface area (Å²) in [6.45, 7) is 0. The van der Waals surface area contributed by atoms with Crippen LogP contribution in [0.25, 0.3) is 0 Å². The van der Waals surface area contributed by atoms with Crippen molar-refractivity contribution in [3.8, 4) is 0 Å². The van der Waals surface area contributed by atoms with Crippen molar-refractivity contribution in [1.82, 2.24) is 4.98 Å². The molecule has 0 aliphatic rings. The van der Waals surface area contributed by atoms with E-state index in [9.17, 15) is 4.79 Å². The number of nitrogens with zero attached hydrogens (tertiary/aromatic N) is 1. The highest BCUT2D eigenvalue weighted by Gasteiger charge is 2.11. The number of carbonyl (C=O) groups is 1. The van der Waals surface area contributed by atoms with Crippen LogP contribution in [0.3, 0.4) is 0 Å². The Hall–Kier alpha value is -0.180. The molecule has 0 spiro atoms. The van der Waals surface area contributed by atoms with Gasteiger partial charge in [-0.2, -0.15) is 0 Å². The highest BCUT2D eigenvalue weighted by molar-refractivity contribution is 14.1. The van der Waals surface area contributed by atoms with Crippen molar-refractivity contribution in [2.75, 3.05) is 5.32 Å². The van der Waals surface area contributed by atoms with Crippen molar-refractivity contribution >= 4 is 77.6 Å². The Morgan fingerprint density at radius 3 is 2.68 bits per heavy atom. The number of benzene rings is 1. The smallest absolute Gasteiger partial charge is 0.256 e. The summed E-state index contributed by atoms with van der Waals surface area (Å²) in [6, 6.07) is 7.27.